The molecule has 0 fully saturated rings. The number of carbonyl (C=O) groups excluding carboxylic acids is 1. The Kier molecular flexibility index (Phi) is 3.55. The van der Waals surface area contributed by atoms with Crippen molar-refractivity contribution in [3.63, 3.8) is 0 Å². The number of aromatic hydroxyl groups is 1. The zero-order valence-corrected chi connectivity index (χ0v) is 9.65. The lowest BCUT2D eigenvalue weighted by atomic mass is 9.82. The second kappa shape index (κ2) is 4.53. The summed E-state index contributed by atoms with van der Waals surface area (Å²) in [5, 5.41) is 18.8. The number of aldehydes is 1. The molecule has 0 aliphatic carbocycles. The van der Waals surface area contributed by atoms with Crippen LogP contribution in [0.25, 0.3) is 0 Å². The van der Waals surface area contributed by atoms with Crippen LogP contribution in [0.2, 0.25) is 0 Å². The van der Waals surface area contributed by atoms with Crippen molar-refractivity contribution in [3.8, 4) is 11.5 Å². The van der Waals surface area contributed by atoms with Crippen LogP contribution in [0.5, 0.6) is 11.5 Å². The van der Waals surface area contributed by atoms with E-state index in [0.29, 0.717) is 23.2 Å². The van der Waals surface area contributed by atoms with Gasteiger partial charge >= 0.3 is 0 Å². The maximum Gasteiger partial charge on any atom is 0.160 e. The van der Waals surface area contributed by atoms with Crippen LogP contribution in [-0.4, -0.2) is 30.2 Å². The van der Waals surface area contributed by atoms with Crippen molar-refractivity contribution in [1.82, 2.24) is 0 Å². The molecule has 0 aliphatic heterocycles. The van der Waals surface area contributed by atoms with E-state index >= 15 is 0 Å². The summed E-state index contributed by atoms with van der Waals surface area (Å²) >= 11 is 0. The molecular formula is C12H16O4. The SMILES string of the molecule is COc1cc(C(C)(C)CO)c(C=O)cc1O. The Bertz CT molecular complexity index is 396. The number of hydrogen-bond donors (Lipinski definition) is 2. The maximum atomic E-state index is 10.9. The second-order valence-electron chi connectivity index (χ2n) is 4.27. The largest absolute Gasteiger partial charge is 0.504 e. The Morgan fingerprint density at radius 1 is 1.44 bits per heavy atom. The predicted octanol–water partition coefficient (Wildman–Crippen LogP) is 1.48. The average molecular weight is 224 g/mol. The summed E-state index contributed by atoms with van der Waals surface area (Å²) in [5.74, 6) is 0.212. The summed E-state index contributed by atoms with van der Waals surface area (Å²) < 4.78 is 4.98. The smallest absolute Gasteiger partial charge is 0.160 e. The highest BCUT2D eigenvalue weighted by molar-refractivity contribution is 5.80. The zero-order chi connectivity index (χ0) is 12.3. The molecule has 0 aliphatic rings. The lowest BCUT2D eigenvalue weighted by Gasteiger charge is -2.24. The molecule has 88 valence electrons. The quantitative estimate of drug-likeness (QED) is 0.760. The van der Waals surface area contributed by atoms with Gasteiger partial charge < -0.3 is 14.9 Å². The van der Waals surface area contributed by atoms with Crippen LogP contribution in [0.1, 0.15) is 29.8 Å². The molecule has 0 radical (unpaired) electrons. The summed E-state index contributed by atoms with van der Waals surface area (Å²) in [4.78, 5) is 10.9. The third kappa shape index (κ3) is 2.17. The van der Waals surface area contributed by atoms with Gasteiger partial charge in [0.2, 0.25) is 0 Å². The fraction of sp³-hybridized carbons (Fsp3) is 0.417. The molecule has 2 N–H and O–H groups in total. The number of ether oxygens (including phenoxy) is 1. The molecule has 0 saturated heterocycles. The minimum atomic E-state index is -0.558. The van der Waals surface area contributed by atoms with Crippen molar-refractivity contribution in [2.75, 3.05) is 13.7 Å². The van der Waals surface area contributed by atoms with Crippen LogP contribution in [0, 0.1) is 0 Å². The van der Waals surface area contributed by atoms with E-state index in [1.54, 1.807) is 6.07 Å². The number of aliphatic hydroxyl groups excluding tert-OH is 1. The van der Waals surface area contributed by atoms with Crippen LogP contribution >= 0.6 is 0 Å². The van der Waals surface area contributed by atoms with Gasteiger partial charge in [-0.1, -0.05) is 13.8 Å². The first-order valence-corrected chi connectivity index (χ1v) is 4.93. The Labute approximate surface area is 94.5 Å². The molecule has 1 rings (SSSR count). The van der Waals surface area contributed by atoms with E-state index in [1.807, 2.05) is 13.8 Å². The lowest BCUT2D eigenvalue weighted by Crippen LogP contribution is -2.23. The van der Waals surface area contributed by atoms with Crippen molar-refractivity contribution in [2.24, 2.45) is 0 Å². The summed E-state index contributed by atoms with van der Waals surface area (Å²) in [6.07, 6.45) is 0.659. The number of methoxy groups -OCH3 is 1. The molecule has 0 heterocycles. The van der Waals surface area contributed by atoms with Crippen LogP contribution < -0.4 is 4.74 Å². The van der Waals surface area contributed by atoms with E-state index in [-0.39, 0.29) is 12.4 Å². The number of rotatable bonds is 4. The monoisotopic (exact) mass is 224 g/mol. The van der Waals surface area contributed by atoms with Gasteiger partial charge in [0.25, 0.3) is 0 Å². The average Bonchev–Trinajstić information content (AvgIpc) is 2.28. The maximum absolute atomic E-state index is 10.9. The molecule has 0 unspecified atom stereocenters. The van der Waals surface area contributed by atoms with Gasteiger partial charge in [-0.2, -0.15) is 0 Å². The third-order valence-electron chi connectivity index (χ3n) is 2.60. The number of phenolic OH excluding ortho intramolecular Hbond substituents is 1. The van der Waals surface area contributed by atoms with E-state index in [2.05, 4.69) is 0 Å². The normalized spacial score (nSPS) is 11.2. The van der Waals surface area contributed by atoms with Gasteiger partial charge in [-0.05, 0) is 17.7 Å². The van der Waals surface area contributed by atoms with E-state index in [1.165, 1.54) is 13.2 Å². The third-order valence-corrected chi connectivity index (χ3v) is 2.60. The molecule has 1 aromatic carbocycles. The molecule has 4 nitrogen and oxygen atoms in total. The lowest BCUT2D eigenvalue weighted by molar-refractivity contribution is 0.111. The van der Waals surface area contributed by atoms with E-state index in [9.17, 15) is 15.0 Å². The highest BCUT2D eigenvalue weighted by atomic mass is 16.5. The Hall–Kier alpha value is -1.55. The van der Waals surface area contributed by atoms with Crippen molar-refractivity contribution < 1.29 is 19.7 Å². The summed E-state index contributed by atoms with van der Waals surface area (Å²) in [5.41, 5.74) is 0.453. The first-order valence-electron chi connectivity index (χ1n) is 4.93. The highest BCUT2D eigenvalue weighted by Gasteiger charge is 2.24. The van der Waals surface area contributed by atoms with Gasteiger partial charge in [0.15, 0.2) is 11.5 Å². The van der Waals surface area contributed by atoms with E-state index in [0.717, 1.165) is 0 Å². The molecule has 0 amide bonds. The predicted molar refractivity (Wildman–Crippen MR) is 60.2 cm³/mol. The van der Waals surface area contributed by atoms with E-state index in [4.69, 9.17) is 4.74 Å². The number of benzene rings is 1. The topological polar surface area (TPSA) is 66.8 Å². The Morgan fingerprint density at radius 3 is 2.50 bits per heavy atom. The molecule has 0 saturated carbocycles. The van der Waals surface area contributed by atoms with Gasteiger partial charge in [-0.15, -0.1) is 0 Å². The second-order valence-corrected chi connectivity index (χ2v) is 4.27. The van der Waals surface area contributed by atoms with Crippen LogP contribution in [-0.2, 0) is 5.41 Å². The van der Waals surface area contributed by atoms with Gasteiger partial charge in [-0.3, -0.25) is 4.79 Å². The molecule has 4 heteroatoms. The molecule has 1 aromatic rings. The molecule has 0 atom stereocenters. The van der Waals surface area contributed by atoms with Crippen molar-refractivity contribution in [3.05, 3.63) is 23.3 Å². The molecule has 0 spiro atoms. The highest BCUT2D eigenvalue weighted by Crippen LogP contribution is 2.34. The summed E-state index contributed by atoms with van der Waals surface area (Å²) in [6.45, 7) is 3.53. The van der Waals surface area contributed by atoms with Gasteiger partial charge in [0, 0.05) is 11.0 Å². The Balaban J connectivity index is 3.41. The number of aliphatic hydroxyl groups is 1. The first kappa shape index (κ1) is 12.5. The zero-order valence-electron chi connectivity index (χ0n) is 9.65. The van der Waals surface area contributed by atoms with Crippen molar-refractivity contribution in [2.45, 2.75) is 19.3 Å². The number of hydrogen-bond acceptors (Lipinski definition) is 4. The van der Waals surface area contributed by atoms with Gasteiger partial charge in [0.1, 0.15) is 6.29 Å². The fourth-order valence-corrected chi connectivity index (χ4v) is 1.52. The molecule has 16 heavy (non-hydrogen) atoms. The minimum absolute atomic E-state index is 0.0814. The summed E-state index contributed by atoms with van der Waals surface area (Å²) in [6, 6.07) is 2.92. The van der Waals surface area contributed by atoms with Crippen molar-refractivity contribution >= 4 is 6.29 Å². The van der Waals surface area contributed by atoms with Crippen LogP contribution in [0.3, 0.4) is 0 Å². The molecular weight excluding hydrogens is 208 g/mol. The number of carbonyl (C=O) groups is 1. The summed E-state index contributed by atoms with van der Waals surface area (Å²) in [7, 11) is 1.44. The standard InChI is InChI=1S/C12H16O4/c1-12(2,7-14)9-5-11(16-3)10(15)4-8(9)6-13/h4-6,14-15H,7H2,1-3H3. The fourth-order valence-electron chi connectivity index (χ4n) is 1.52. The molecule has 0 aromatic heterocycles. The van der Waals surface area contributed by atoms with Crippen LogP contribution in [0.15, 0.2) is 12.1 Å². The van der Waals surface area contributed by atoms with Crippen LogP contribution in [0.4, 0.5) is 0 Å². The minimum Gasteiger partial charge on any atom is -0.504 e. The Morgan fingerprint density at radius 2 is 2.06 bits per heavy atom. The number of phenols is 1. The van der Waals surface area contributed by atoms with Gasteiger partial charge in [-0.25, -0.2) is 0 Å². The molecule has 0 bridgehead atoms. The van der Waals surface area contributed by atoms with Crippen molar-refractivity contribution in [1.29, 1.82) is 0 Å². The first-order chi connectivity index (χ1) is 7.46. The van der Waals surface area contributed by atoms with E-state index < -0.39 is 5.41 Å². The van der Waals surface area contributed by atoms with Gasteiger partial charge in [0.05, 0.1) is 13.7 Å².